The van der Waals surface area contributed by atoms with Crippen LogP contribution < -0.4 is 10.6 Å². The van der Waals surface area contributed by atoms with Crippen molar-refractivity contribution in [1.29, 1.82) is 5.26 Å². The van der Waals surface area contributed by atoms with Gasteiger partial charge in [-0.3, -0.25) is 14.4 Å². The molecule has 0 aromatic heterocycles. The molecule has 0 spiro atoms. The van der Waals surface area contributed by atoms with E-state index in [-0.39, 0.29) is 41.3 Å². The van der Waals surface area contributed by atoms with Gasteiger partial charge in [0.2, 0.25) is 11.8 Å². The van der Waals surface area contributed by atoms with Gasteiger partial charge in [-0.25, -0.2) is 8.78 Å². The van der Waals surface area contributed by atoms with Crippen LogP contribution in [0.2, 0.25) is 5.02 Å². The standard InChI is InChI=1S/C30H29ClF2N4O4/c31-17-7-9-21-20-5-1-2-6-22(20)30(41,24(21)13-17)28(40)37-19-8-10-23(29(32,33)14-19)25(37)27(39)36-18(15-34)12-16-4-3-11-35-26(16)38/h1-2,5-7,9,13,16,18-19,23,25,41H,3-4,8,10-12,14H2,(H,35,38)(H,36,39)/t16-,18-,19+,23+,25+,30+/m1/s1. The van der Waals surface area contributed by atoms with Crippen molar-refractivity contribution in [2.75, 3.05) is 6.54 Å². The highest BCUT2D eigenvalue weighted by atomic mass is 35.5. The minimum Gasteiger partial charge on any atom is -0.372 e. The second kappa shape index (κ2) is 10.1. The molecule has 3 saturated heterocycles. The van der Waals surface area contributed by atoms with E-state index < -0.39 is 59.7 Å². The van der Waals surface area contributed by atoms with Crippen molar-refractivity contribution in [2.24, 2.45) is 11.8 Å². The third-order valence-electron chi connectivity index (χ3n) is 9.12. The minimum atomic E-state index is -3.22. The van der Waals surface area contributed by atoms with Crippen molar-refractivity contribution in [2.45, 2.75) is 68.2 Å². The molecule has 2 bridgehead atoms. The van der Waals surface area contributed by atoms with Crippen LogP contribution in [0.4, 0.5) is 8.78 Å². The number of carbonyl (C=O) groups is 3. The zero-order chi connectivity index (χ0) is 29.1. The molecule has 8 nitrogen and oxygen atoms in total. The average molecular weight is 583 g/mol. The maximum Gasteiger partial charge on any atom is 0.264 e. The molecule has 2 aromatic rings. The van der Waals surface area contributed by atoms with Crippen LogP contribution >= 0.6 is 11.6 Å². The van der Waals surface area contributed by atoms with E-state index >= 15 is 8.78 Å². The van der Waals surface area contributed by atoms with E-state index in [1.54, 1.807) is 36.4 Å². The fourth-order valence-electron chi connectivity index (χ4n) is 7.19. The molecule has 11 heteroatoms. The first-order chi connectivity index (χ1) is 19.6. The summed E-state index contributed by atoms with van der Waals surface area (Å²) in [7, 11) is 0. The third kappa shape index (κ3) is 4.37. The number of fused-ring (bicyclic) bond motifs is 6. The number of nitrogens with one attached hydrogen (secondary N) is 2. The van der Waals surface area contributed by atoms with E-state index in [1.165, 1.54) is 6.07 Å². The molecule has 5 aliphatic rings. The van der Waals surface area contributed by atoms with E-state index in [1.807, 2.05) is 6.07 Å². The van der Waals surface area contributed by atoms with Crippen molar-refractivity contribution in [3.63, 3.8) is 0 Å². The van der Waals surface area contributed by atoms with Gasteiger partial charge in [-0.2, -0.15) is 5.26 Å². The lowest BCUT2D eigenvalue weighted by molar-refractivity contribution is -0.201. The van der Waals surface area contributed by atoms with Gasteiger partial charge in [0.15, 0.2) is 5.60 Å². The van der Waals surface area contributed by atoms with Gasteiger partial charge in [0.25, 0.3) is 11.8 Å². The number of benzene rings is 2. The first-order valence-corrected chi connectivity index (χ1v) is 14.2. The van der Waals surface area contributed by atoms with Gasteiger partial charge in [0.1, 0.15) is 12.1 Å². The van der Waals surface area contributed by atoms with Gasteiger partial charge >= 0.3 is 0 Å². The van der Waals surface area contributed by atoms with Gasteiger partial charge in [-0.05, 0) is 55.4 Å². The molecule has 2 aromatic carbocycles. The van der Waals surface area contributed by atoms with Crippen LogP contribution in [-0.4, -0.2) is 58.3 Å². The summed E-state index contributed by atoms with van der Waals surface area (Å²) in [6.45, 7) is 0.538. The largest absolute Gasteiger partial charge is 0.372 e. The van der Waals surface area contributed by atoms with Crippen LogP contribution in [0.25, 0.3) is 11.1 Å². The average Bonchev–Trinajstić information content (AvgIpc) is 3.21. The summed E-state index contributed by atoms with van der Waals surface area (Å²) in [5.41, 5.74) is -0.546. The number of amides is 3. The van der Waals surface area contributed by atoms with Gasteiger partial charge in [0.05, 0.1) is 12.0 Å². The molecular weight excluding hydrogens is 554 g/mol. The second-order valence-corrected chi connectivity index (χ2v) is 11.9. The van der Waals surface area contributed by atoms with Crippen LogP contribution in [0.5, 0.6) is 0 Å². The Kier molecular flexibility index (Phi) is 6.78. The molecule has 4 fully saturated rings. The SMILES string of the molecule is N#C[C@@H](C[C@H]1CCCNC1=O)NC(=O)[C@@H]1[C@@H]2CC[C@@H](CC2(F)F)N1C(=O)[C@]1(O)c2ccccc2-c2ccc(Cl)cc21. The summed E-state index contributed by atoms with van der Waals surface area (Å²) in [5, 5.41) is 27.6. The second-order valence-electron chi connectivity index (χ2n) is 11.5. The smallest absolute Gasteiger partial charge is 0.264 e. The van der Waals surface area contributed by atoms with E-state index in [4.69, 9.17) is 11.6 Å². The molecule has 3 amide bonds. The van der Waals surface area contributed by atoms with Gasteiger partial charge < -0.3 is 20.6 Å². The molecule has 3 N–H and O–H groups in total. The van der Waals surface area contributed by atoms with E-state index in [0.717, 1.165) is 11.3 Å². The predicted molar refractivity (Wildman–Crippen MR) is 144 cm³/mol. The Morgan fingerprint density at radius 2 is 1.93 bits per heavy atom. The molecule has 2 aliphatic carbocycles. The van der Waals surface area contributed by atoms with E-state index in [0.29, 0.717) is 24.1 Å². The number of halogens is 3. The van der Waals surface area contributed by atoms with Crippen LogP contribution in [0.3, 0.4) is 0 Å². The van der Waals surface area contributed by atoms with Gasteiger partial charge in [-0.1, -0.05) is 41.9 Å². The van der Waals surface area contributed by atoms with Crippen molar-refractivity contribution < 1.29 is 28.3 Å². The molecule has 6 atom stereocenters. The molecule has 3 aliphatic heterocycles. The molecule has 214 valence electrons. The number of hydrogen-bond acceptors (Lipinski definition) is 5. The molecule has 41 heavy (non-hydrogen) atoms. The topological polar surface area (TPSA) is 123 Å². The maximum absolute atomic E-state index is 15.3. The lowest BCUT2D eigenvalue weighted by Gasteiger charge is -2.54. The Balaban J connectivity index is 1.36. The normalized spacial score (nSPS) is 30.0. The van der Waals surface area contributed by atoms with E-state index in [2.05, 4.69) is 10.6 Å². The molecule has 1 saturated carbocycles. The zero-order valence-electron chi connectivity index (χ0n) is 22.1. The number of piperidine rings is 3. The quantitative estimate of drug-likeness (QED) is 0.498. The molecular formula is C30H29ClF2N4O4. The molecule has 7 rings (SSSR count). The molecule has 3 heterocycles. The summed E-state index contributed by atoms with van der Waals surface area (Å²) in [6.07, 6.45) is 0.943. The fraction of sp³-hybridized carbons (Fsp3) is 0.467. The summed E-state index contributed by atoms with van der Waals surface area (Å²) in [5.74, 6) is -7.19. The number of hydrogen-bond donors (Lipinski definition) is 3. The van der Waals surface area contributed by atoms with Crippen LogP contribution in [0.15, 0.2) is 42.5 Å². The highest BCUT2D eigenvalue weighted by molar-refractivity contribution is 6.31. The molecule has 0 radical (unpaired) electrons. The first kappa shape index (κ1) is 27.6. The lowest BCUT2D eigenvalue weighted by Crippen LogP contribution is -2.70. The molecule has 0 unspecified atom stereocenters. The monoisotopic (exact) mass is 582 g/mol. The summed E-state index contributed by atoms with van der Waals surface area (Å²) in [4.78, 5) is 41.6. The maximum atomic E-state index is 15.3. The summed E-state index contributed by atoms with van der Waals surface area (Å²) < 4.78 is 30.6. The number of nitriles is 1. The Bertz CT molecular complexity index is 1480. The number of aliphatic hydroxyl groups is 1. The Morgan fingerprint density at radius 3 is 2.66 bits per heavy atom. The van der Waals surface area contributed by atoms with Gasteiger partial charge in [0, 0.05) is 41.1 Å². The van der Waals surface area contributed by atoms with Crippen molar-refractivity contribution in [3.05, 3.63) is 58.6 Å². The summed E-state index contributed by atoms with van der Waals surface area (Å²) in [6, 6.07) is 9.88. The Labute approximate surface area is 240 Å². The Morgan fingerprint density at radius 1 is 1.17 bits per heavy atom. The van der Waals surface area contributed by atoms with Crippen LogP contribution in [0.1, 0.15) is 49.7 Å². The van der Waals surface area contributed by atoms with Gasteiger partial charge in [-0.15, -0.1) is 0 Å². The highest BCUT2D eigenvalue weighted by Crippen LogP contribution is 2.54. The predicted octanol–water partition coefficient (Wildman–Crippen LogP) is 3.50. The minimum absolute atomic E-state index is 0.0131. The number of carbonyl (C=O) groups excluding carboxylic acids is 3. The van der Waals surface area contributed by atoms with Crippen LogP contribution in [0, 0.1) is 23.2 Å². The number of rotatable bonds is 5. The first-order valence-electron chi connectivity index (χ1n) is 13.9. The Hall–Kier alpha value is -3.55. The lowest BCUT2D eigenvalue weighted by atomic mass is 9.70. The van der Waals surface area contributed by atoms with Crippen molar-refractivity contribution in [3.8, 4) is 17.2 Å². The number of nitrogens with zero attached hydrogens (tertiary/aromatic N) is 2. The van der Waals surface area contributed by atoms with E-state index in [9.17, 15) is 24.8 Å². The third-order valence-corrected chi connectivity index (χ3v) is 9.35. The van der Waals surface area contributed by atoms with Crippen LogP contribution in [-0.2, 0) is 20.0 Å². The zero-order valence-corrected chi connectivity index (χ0v) is 22.8. The number of alkyl halides is 2. The summed E-state index contributed by atoms with van der Waals surface area (Å²) >= 11 is 6.27. The van der Waals surface area contributed by atoms with Crippen molar-refractivity contribution in [1.82, 2.24) is 15.5 Å². The van der Waals surface area contributed by atoms with Crippen molar-refractivity contribution >= 4 is 29.3 Å². The highest BCUT2D eigenvalue weighted by Gasteiger charge is 2.63. The fourth-order valence-corrected chi connectivity index (χ4v) is 7.36.